The van der Waals surface area contributed by atoms with Crippen LogP contribution in [0.1, 0.15) is 24.7 Å². The van der Waals surface area contributed by atoms with Gasteiger partial charge in [-0.3, -0.25) is 9.36 Å². The fourth-order valence-corrected chi connectivity index (χ4v) is 4.49. The van der Waals surface area contributed by atoms with Gasteiger partial charge in [0.15, 0.2) is 5.82 Å². The van der Waals surface area contributed by atoms with E-state index in [0.29, 0.717) is 17.0 Å². The van der Waals surface area contributed by atoms with Gasteiger partial charge < -0.3 is 15.6 Å². The summed E-state index contributed by atoms with van der Waals surface area (Å²) in [5, 5.41) is 5.78. The van der Waals surface area contributed by atoms with Crippen LogP contribution in [0.4, 0.5) is 11.8 Å². The van der Waals surface area contributed by atoms with Crippen molar-refractivity contribution in [2.75, 3.05) is 17.2 Å². The second-order valence-electron chi connectivity index (χ2n) is 7.67. The number of fused-ring (bicyclic) bond motifs is 2. The maximum absolute atomic E-state index is 13.5. The summed E-state index contributed by atoms with van der Waals surface area (Å²) in [5.74, 6) is 1.65. The fourth-order valence-electron chi connectivity index (χ4n) is 4.49. The molecule has 4 aromatic heterocycles. The normalized spacial score (nSPS) is 16.5. The van der Waals surface area contributed by atoms with Gasteiger partial charge in [0.05, 0.1) is 17.1 Å². The lowest BCUT2D eigenvalue weighted by Crippen LogP contribution is -2.33. The lowest BCUT2D eigenvalue weighted by Gasteiger charge is -2.27. The van der Waals surface area contributed by atoms with E-state index in [4.69, 9.17) is 10.8 Å². The highest BCUT2D eigenvalue weighted by Gasteiger charge is 2.33. The number of anilines is 2. The number of benzene rings is 1. The number of nitrogens with two attached hydrogens (primary N) is 1. The van der Waals surface area contributed by atoms with Crippen LogP contribution in [-0.4, -0.2) is 35.7 Å². The number of H-pyrrole nitrogens is 1. The minimum atomic E-state index is -0.132. The van der Waals surface area contributed by atoms with E-state index in [0.717, 1.165) is 36.3 Å². The van der Waals surface area contributed by atoms with E-state index in [1.807, 2.05) is 54.9 Å². The molecule has 0 aliphatic carbocycles. The average molecular weight is 412 g/mol. The van der Waals surface area contributed by atoms with Crippen LogP contribution < -0.4 is 16.2 Å². The number of nitrogens with one attached hydrogen (secondary N) is 1. The van der Waals surface area contributed by atoms with Crippen molar-refractivity contribution < 1.29 is 0 Å². The van der Waals surface area contributed by atoms with Crippen LogP contribution in [0.3, 0.4) is 0 Å². The molecule has 1 fully saturated rings. The molecule has 0 bridgehead atoms. The molecule has 0 saturated carbocycles. The Bertz CT molecular complexity index is 1470. The lowest BCUT2D eigenvalue weighted by atomic mass is 10.2. The third-order valence-electron chi connectivity index (χ3n) is 5.84. The first kappa shape index (κ1) is 17.7. The molecule has 0 unspecified atom stereocenters. The standard InChI is InChI=1S/C22H20N8O/c23-22-25-18-15(10-11-24-18)19(26-22)28-12-4-8-16(28)20-27-29-13-5-9-17(29)21(31)30(20)14-6-2-1-3-7-14/h1-3,5-7,9-11,13,16H,4,8,12H2,(H3,23,24,25,26)/t16-/m0/s1. The third-order valence-corrected chi connectivity index (χ3v) is 5.84. The monoisotopic (exact) mass is 412 g/mol. The molecule has 1 atom stereocenters. The number of aromatic amines is 1. The average Bonchev–Trinajstić information content (AvgIpc) is 3.53. The van der Waals surface area contributed by atoms with E-state index in [9.17, 15) is 4.79 Å². The molecule has 1 aromatic carbocycles. The van der Waals surface area contributed by atoms with Gasteiger partial charge in [-0.05, 0) is 43.2 Å². The van der Waals surface area contributed by atoms with E-state index in [2.05, 4.69) is 19.9 Å². The van der Waals surface area contributed by atoms with Gasteiger partial charge >= 0.3 is 0 Å². The first-order chi connectivity index (χ1) is 15.2. The van der Waals surface area contributed by atoms with Crippen LogP contribution >= 0.6 is 0 Å². The van der Waals surface area contributed by atoms with E-state index in [1.165, 1.54) is 0 Å². The maximum atomic E-state index is 13.5. The van der Waals surface area contributed by atoms with Crippen LogP contribution in [0.2, 0.25) is 0 Å². The first-order valence-electron chi connectivity index (χ1n) is 10.2. The Morgan fingerprint density at radius 2 is 1.94 bits per heavy atom. The van der Waals surface area contributed by atoms with Crippen LogP contribution in [0.25, 0.3) is 22.2 Å². The molecule has 5 aromatic rings. The molecule has 1 aliphatic heterocycles. The molecule has 9 nitrogen and oxygen atoms in total. The van der Waals surface area contributed by atoms with Gasteiger partial charge in [0.2, 0.25) is 5.95 Å². The smallest absolute Gasteiger partial charge is 0.282 e. The molecule has 1 saturated heterocycles. The Balaban J connectivity index is 1.59. The zero-order chi connectivity index (χ0) is 20.9. The van der Waals surface area contributed by atoms with Gasteiger partial charge in [0.25, 0.3) is 5.56 Å². The number of rotatable bonds is 3. The number of para-hydroxylation sites is 1. The number of hydrogen-bond donors (Lipinski definition) is 2. The molecular formula is C22H20N8O. The van der Waals surface area contributed by atoms with Gasteiger partial charge in [-0.15, -0.1) is 0 Å². The van der Waals surface area contributed by atoms with Crippen LogP contribution in [0.5, 0.6) is 0 Å². The van der Waals surface area contributed by atoms with Crippen molar-refractivity contribution in [2.45, 2.75) is 18.9 Å². The molecule has 0 spiro atoms. The molecule has 6 rings (SSSR count). The molecule has 0 amide bonds. The van der Waals surface area contributed by atoms with E-state index < -0.39 is 0 Å². The number of nitrogen functional groups attached to an aromatic ring is 1. The van der Waals surface area contributed by atoms with Crippen molar-refractivity contribution in [1.82, 2.24) is 29.1 Å². The number of hydrogen-bond acceptors (Lipinski definition) is 6. The minimum Gasteiger partial charge on any atom is -0.368 e. The van der Waals surface area contributed by atoms with Gasteiger partial charge in [0, 0.05) is 18.9 Å². The molecule has 1 aliphatic rings. The van der Waals surface area contributed by atoms with Crippen LogP contribution in [0.15, 0.2) is 65.7 Å². The van der Waals surface area contributed by atoms with Crippen LogP contribution in [-0.2, 0) is 0 Å². The van der Waals surface area contributed by atoms with Crippen molar-refractivity contribution in [3.05, 3.63) is 77.1 Å². The third kappa shape index (κ3) is 2.70. The summed E-state index contributed by atoms with van der Waals surface area (Å²) < 4.78 is 3.38. The molecular weight excluding hydrogens is 392 g/mol. The Morgan fingerprint density at radius 1 is 1.06 bits per heavy atom. The molecule has 0 radical (unpaired) electrons. The Hall–Kier alpha value is -4.14. The highest BCUT2D eigenvalue weighted by atomic mass is 16.1. The first-order valence-corrected chi connectivity index (χ1v) is 10.2. The highest BCUT2D eigenvalue weighted by molar-refractivity contribution is 5.88. The summed E-state index contributed by atoms with van der Waals surface area (Å²) in [6.45, 7) is 0.787. The molecule has 31 heavy (non-hydrogen) atoms. The van der Waals surface area contributed by atoms with E-state index in [-0.39, 0.29) is 17.5 Å². The summed E-state index contributed by atoms with van der Waals surface area (Å²) in [5.41, 5.74) is 7.93. The number of aromatic nitrogens is 6. The van der Waals surface area contributed by atoms with E-state index in [1.54, 1.807) is 15.1 Å². The zero-order valence-corrected chi connectivity index (χ0v) is 16.6. The molecule has 9 heteroatoms. The SMILES string of the molecule is Nc1nc(N2CCC[C@H]2c2nn3cccc3c(=O)n2-c2ccccc2)c2cc[nH]c2n1. The van der Waals surface area contributed by atoms with E-state index >= 15 is 0 Å². The Morgan fingerprint density at radius 3 is 2.81 bits per heavy atom. The quantitative estimate of drug-likeness (QED) is 0.471. The zero-order valence-electron chi connectivity index (χ0n) is 16.6. The lowest BCUT2D eigenvalue weighted by molar-refractivity contribution is 0.602. The summed E-state index contributed by atoms with van der Waals surface area (Å²) in [7, 11) is 0. The summed E-state index contributed by atoms with van der Waals surface area (Å²) in [6, 6.07) is 15.1. The largest absolute Gasteiger partial charge is 0.368 e. The van der Waals surface area contributed by atoms with Gasteiger partial charge in [-0.25, -0.2) is 4.52 Å². The summed E-state index contributed by atoms with van der Waals surface area (Å²) in [6.07, 6.45) is 5.44. The van der Waals surface area contributed by atoms with Gasteiger partial charge in [-0.1, -0.05) is 18.2 Å². The Labute approximate surface area is 176 Å². The predicted molar refractivity (Wildman–Crippen MR) is 118 cm³/mol. The maximum Gasteiger partial charge on any atom is 0.282 e. The topological polar surface area (TPSA) is 110 Å². The second-order valence-corrected chi connectivity index (χ2v) is 7.67. The van der Waals surface area contributed by atoms with Gasteiger partial charge in [0.1, 0.15) is 17.0 Å². The minimum absolute atomic E-state index is 0.0953. The molecule has 154 valence electrons. The Kier molecular flexibility index (Phi) is 3.82. The van der Waals surface area contributed by atoms with Crippen molar-refractivity contribution in [3.63, 3.8) is 0 Å². The van der Waals surface area contributed by atoms with Crippen molar-refractivity contribution >= 4 is 28.3 Å². The van der Waals surface area contributed by atoms with Crippen molar-refractivity contribution in [3.8, 4) is 5.69 Å². The summed E-state index contributed by atoms with van der Waals surface area (Å²) in [4.78, 5) is 27.6. The number of nitrogens with zero attached hydrogens (tertiary/aromatic N) is 6. The summed E-state index contributed by atoms with van der Waals surface area (Å²) >= 11 is 0. The second kappa shape index (κ2) is 6.69. The molecule has 3 N–H and O–H groups in total. The fraction of sp³-hybridized carbons (Fsp3) is 0.182. The van der Waals surface area contributed by atoms with Crippen molar-refractivity contribution in [2.24, 2.45) is 0 Å². The van der Waals surface area contributed by atoms with Crippen LogP contribution in [0, 0.1) is 0 Å². The van der Waals surface area contributed by atoms with Gasteiger partial charge in [-0.2, -0.15) is 15.1 Å². The molecule has 5 heterocycles. The highest BCUT2D eigenvalue weighted by Crippen LogP contribution is 2.37. The van der Waals surface area contributed by atoms with Crippen molar-refractivity contribution in [1.29, 1.82) is 0 Å². The predicted octanol–water partition coefficient (Wildman–Crippen LogP) is 2.68.